The first-order valence-electron chi connectivity index (χ1n) is 6.49. The molecule has 1 N–H and O–H groups in total. The van der Waals surface area contributed by atoms with Crippen LogP contribution in [0.5, 0.6) is 11.5 Å². The van der Waals surface area contributed by atoms with Crippen LogP contribution in [0.2, 0.25) is 5.02 Å². The van der Waals surface area contributed by atoms with Gasteiger partial charge in [-0.25, -0.2) is 0 Å². The number of aliphatic hydroxyl groups is 1. The maximum atomic E-state index is 10.5. The fraction of sp³-hybridized carbons (Fsp3) is 0.250. The van der Waals surface area contributed by atoms with Gasteiger partial charge in [-0.2, -0.15) is 0 Å². The summed E-state index contributed by atoms with van der Waals surface area (Å²) in [7, 11) is 0. The molecule has 0 aromatic heterocycles. The smallest absolute Gasteiger partial charge is 0.162 e. The Hall–Kier alpha value is -1.71. The summed E-state index contributed by atoms with van der Waals surface area (Å²) in [6.07, 6.45) is -0.779. The average molecular weight is 291 g/mol. The summed E-state index contributed by atoms with van der Waals surface area (Å²) >= 11 is 6.24. The third kappa shape index (κ3) is 2.47. The zero-order valence-electron chi connectivity index (χ0n) is 11.1. The Balaban J connectivity index is 1.98. The second-order valence-corrected chi connectivity index (χ2v) is 5.24. The van der Waals surface area contributed by atoms with Crippen molar-refractivity contribution in [2.75, 3.05) is 13.2 Å². The molecule has 1 atom stereocenters. The van der Waals surface area contributed by atoms with Gasteiger partial charge in [-0.15, -0.1) is 0 Å². The molecule has 0 saturated carbocycles. The van der Waals surface area contributed by atoms with Crippen molar-refractivity contribution in [1.29, 1.82) is 0 Å². The van der Waals surface area contributed by atoms with Crippen molar-refractivity contribution in [3.05, 3.63) is 58.1 Å². The quantitative estimate of drug-likeness (QED) is 0.920. The van der Waals surface area contributed by atoms with E-state index in [0.717, 1.165) is 11.1 Å². The van der Waals surface area contributed by atoms with Gasteiger partial charge >= 0.3 is 0 Å². The Morgan fingerprint density at radius 1 is 1.05 bits per heavy atom. The number of ether oxygens (including phenoxy) is 2. The Morgan fingerprint density at radius 2 is 1.65 bits per heavy atom. The zero-order chi connectivity index (χ0) is 14.1. The van der Waals surface area contributed by atoms with Crippen molar-refractivity contribution < 1.29 is 14.6 Å². The highest BCUT2D eigenvalue weighted by atomic mass is 35.5. The first kappa shape index (κ1) is 13.3. The van der Waals surface area contributed by atoms with Gasteiger partial charge in [-0.1, -0.05) is 41.4 Å². The highest BCUT2D eigenvalue weighted by Gasteiger charge is 2.20. The van der Waals surface area contributed by atoms with E-state index in [-0.39, 0.29) is 0 Å². The third-order valence-corrected chi connectivity index (χ3v) is 3.68. The van der Waals surface area contributed by atoms with Crippen molar-refractivity contribution in [3.8, 4) is 11.5 Å². The van der Waals surface area contributed by atoms with Crippen LogP contribution in [-0.2, 0) is 0 Å². The summed E-state index contributed by atoms with van der Waals surface area (Å²) < 4.78 is 11.0. The van der Waals surface area contributed by atoms with E-state index in [1.807, 2.05) is 31.2 Å². The molecule has 0 fully saturated rings. The van der Waals surface area contributed by atoms with Crippen molar-refractivity contribution in [3.63, 3.8) is 0 Å². The van der Waals surface area contributed by atoms with Crippen molar-refractivity contribution in [2.24, 2.45) is 0 Å². The van der Waals surface area contributed by atoms with E-state index in [0.29, 0.717) is 35.3 Å². The summed E-state index contributed by atoms with van der Waals surface area (Å²) in [5.74, 6) is 1.25. The molecule has 0 bridgehead atoms. The molecule has 1 aliphatic rings. The van der Waals surface area contributed by atoms with Crippen molar-refractivity contribution in [2.45, 2.75) is 13.0 Å². The topological polar surface area (TPSA) is 38.7 Å². The van der Waals surface area contributed by atoms with Crippen LogP contribution in [0.3, 0.4) is 0 Å². The first-order valence-corrected chi connectivity index (χ1v) is 6.86. The minimum absolute atomic E-state index is 0.474. The molecule has 0 saturated heterocycles. The second kappa shape index (κ2) is 5.35. The van der Waals surface area contributed by atoms with Crippen LogP contribution >= 0.6 is 11.6 Å². The van der Waals surface area contributed by atoms with Gasteiger partial charge in [-0.3, -0.25) is 0 Å². The van der Waals surface area contributed by atoms with Crippen LogP contribution in [0.1, 0.15) is 22.8 Å². The van der Waals surface area contributed by atoms with Crippen LogP contribution in [0.4, 0.5) is 0 Å². The number of aryl methyl sites for hydroxylation is 1. The first-order chi connectivity index (χ1) is 9.65. The fourth-order valence-corrected chi connectivity index (χ4v) is 2.47. The number of hydrogen-bond donors (Lipinski definition) is 1. The van der Waals surface area contributed by atoms with Gasteiger partial charge in [0.15, 0.2) is 11.5 Å². The summed E-state index contributed by atoms with van der Waals surface area (Å²) in [6.45, 7) is 3.03. The van der Waals surface area contributed by atoms with Crippen LogP contribution in [0, 0.1) is 6.92 Å². The maximum Gasteiger partial charge on any atom is 0.162 e. The average Bonchev–Trinajstić information content (AvgIpc) is 2.46. The Kier molecular flexibility index (Phi) is 3.55. The highest BCUT2D eigenvalue weighted by Crippen LogP contribution is 2.39. The van der Waals surface area contributed by atoms with Gasteiger partial charge in [-0.05, 0) is 18.6 Å². The molecule has 2 aromatic rings. The van der Waals surface area contributed by atoms with E-state index >= 15 is 0 Å². The molecule has 104 valence electrons. The van der Waals surface area contributed by atoms with Crippen LogP contribution in [-0.4, -0.2) is 18.3 Å². The van der Waals surface area contributed by atoms with E-state index in [2.05, 4.69) is 0 Å². The largest absolute Gasteiger partial charge is 0.486 e. The highest BCUT2D eigenvalue weighted by molar-refractivity contribution is 6.31. The monoisotopic (exact) mass is 290 g/mol. The molecular formula is C16H15ClO3. The molecular weight excluding hydrogens is 276 g/mol. The van der Waals surface area contributed by atoms with Gasteiger partial charge in [0.05, 0.1) is 5.02 Å². The number of rotatable bonds is 2. The third-order valence-electron chi connectivity index (χ3n) is 3.35. The molecule has 3 rings (SSSR count). The molecule has 2 aromatic carbocycles. The van der Waals surface area contributed by atoms with Crippen LogP contribution < -0.4 is 9.47 Å². The summed E-state index contributed by atoms with van der Waals surface area (Å²) in [5.41, 5.74) is 2.57. The number of fused-ring (bicyclic) bond motifs is 1. The van der Waals surface area contributed by atoms with Crippen LogP contribution in [0.25, 0.3) is 0 Å². The number of halogens is 1. The lowest BCUT2D eigenvalue weighted by Crippen LogP contribution is -2.16. The molecule has 1 heterocycles. The SMILES string of the molecule is Cc1ccc(C(O)c2cc3c(cc2Cl)OCCO3)cc1. The predicted molar refractivity (Wildman–Crippen MR) is 77.7 cm³/mol. The molecule has 0 radical (unpaired) electrons. The number of benzene rings is 2. The number of aliphatic hydroxyl groups excluding tert-OH is 1. The standard InChI is InChI=1S/C16H15ClO3/c1-10-2-4-11(5-3-10)16(18)12-8-14-15(9-13(12)17)20-7-6-19-14/h2-5,8-9,16,18H,6-7H2,1H3. The normalized spacial score (nSPS) is 14.9. The molecule has 1 unspecified atom stereocenters. The summed E-state index contributed by atoms with van der Waals surface area (Å²) in [5, 5.41) is 11.0. The fourth-order valence-electron chi connectivity index (χ4n) is 2.22. The molecule has 3 nitrogen and oxygen atoms in total. The predicted octanol–water partition coefficient (Wildman–Crippen LogP) is 3.50. The Labute approximate surface area is 122 Å². The van der Waals surface area contributed by atoms with E-state index < -0.39 is 6.10 Å². The minimum atomic E-state index is -0.779. The van der Waals surface area contributed by atoms with E-state index in [1.165, 1.54) is 0 Å². The minimum Gasteiger partial charge on any atom is -0.486 e. The van der Waals surface area contributed by atoms with Gasteiger partial charge in [0.25, 0.3) is 0 Å². The lowest BCUT2D eigenvalue weighted by molar-refractivity contribution is 0.169. The molecule has 20 heavy (non-hydrogen) atoms. The maximum absolute atomic E-state index is 10.5. The number of hydrogen-bond acceptors (Lipinski definition) is 3. The summed E-state index contributed by atoms with van der Waals surface area (Å²) in [4.78, 5) is 0. The lowest BCUT2D eigenvalue weighted by Gasteiger charge is -2.21. The molecule has 0 spiro atoms. The van der Waals surface area contributed by atoms with E-state index in [1.54, 1.807) is 12.1 Å². The molecule has 1 aliphatic heterocycles. The van der Waals surface area contributed by atoms with Crippen molar-refractivity contribution >= 4 is 11.6 Å². The van der Waals surface area contributed by atoms with Gasteiger partial charge in [0.1, 0.15) is 19.3 Å². The molecule has 4 heteroatoms. The lowest BCUT2D eigenvalue weighted by atomic mass is 10.00. The molecule has 0 aliphatic carbocycles. The Bertz CT molecular complexity index is 622. The van der Waals surface area contributed by atoms with E-state index in [4.69, 9.17) is 21.1 Å². The Morgan fingerprint density at radius 3 is 2.30 bits per heavy atom. The second-order valence-electron chi connectivity index (χ2n) is 4.83. The van der Waals surface area contributed by atoms with Gasteiger partial charge in [0, 0.05) is 11.6 Å². The van der Waals surface area contributed by atoms with E-state index in [9.17, 15) is 5.11 Å². The van der Waals surface area contributed by atoms with Crippen LogP contribution in [0.15, 0.2) is 36.4 Å². The molecule has 0 amide bonds. The van der Waals surface area contributed by atoms with Crippen molar-refractivity contribution in [1.82, 2.24) is 0 Å². The van der Waals surface area contributed by atoms with Gasteiger partial charge < -0.3 is 14.6 Å². The van der Waals surface area contributed by atoms with Gasteiger partial charge in [0.2, 0.25) is 0 Å². The zero-order valence-corrected chi connectivity index (χ0v) is 11.9. The summed E-state index contributed by atoms with van der Waals surface area (Å²) in [6, 6.07) is 11.2.